The minimum absolute atomic E-state index is 0.0892. The quantitative estimate of drug-likeness (QED) is 0.616. The third-order valence-corrected chi connectivity index (χ3v) is 5.39. The molecule has 134 valence electrons. The van der Waals surface area contributed by atoms with Crippen LogP contribution in [0.3, 0.4) is 0 Å². The molecule has 1 N–H and O–H groups in total. The van der Waals surface area contributed by atoms with Crippen molar-refractivity contribution in [2.24, 2.45) is 5.92 Å². The van der Waals surface area contributed by atoms with Crippen LogP contribution in [0.5, 0.6) is 0 Å². The van der Waals surface area contributed by atoms with E-state index in [0.717, 1.165) is 25.0 Å². The van der Waals surface area contributed by atoms with Gasteiger partial charge in [0.05, 0.1) is 16.4 Å². The Bertz CT molecular complexity index is 705. The van der Waals surface area contributed by atoms with Crippen molar-refractivity contribution in [3.8, 4) is 0 Å². The monoisotopic (exact) mass is 364 g/mol. The van der Waals surface area contributed by atoms with Crippen LogP contribution >= 0.6 is 0 Å². The number of halogens is 2. The Kier molecular flexibility index (Phi) is 5.70. The lowest BCUT2D eigenvalue weighted by Crippen LogP contribution is -2.32. The summed E-state index contributed by atoms with van der Waals surface area (Å²) in [4.78, 5) is 9.62. The van der Waals surface area contributed by atoms with Crippen molar-refractivity contribution in [1.29, 1.82) is 0 Å². The molecule has 0 saturated carbocycles. The second kappa shape index (κ2) is 7.39. The van der Waals surface area contributed by atoms with E-state index in [-0.39, 0.29) is 17.6 Å². The summed E-state index contributed by atoms with van der Waals surface area (Å²) in [5, 5.41) is 14.2. The van der Waals surface area contributed by atoms with Crippen LogP contribution in [-0.4, -0.2) is 38.4 Å². The lowest BCUT2D eigenvalue weighted by molar-refractivity contribution is -0.384. The highest BCUT2D eigenvalue weighted by Gasteiger charge is 2.30. The molecule has 0 spiro atoms. The van der Waals surface area contributed by atoms with Gasteiger partial charge in [0.2, 0.25) is 9.84 Å². The molecule has 0 bridgehead atoms. The van der Waals surface area contributed by atoms with Gasteiger partial charge < -0.3 is 10.1 Å². The highest BCUT2D eigenvalue weighted by atomic mass is 32.2. The van der Waals surface area contributed by atoms with Crippen molar-refractivity contribution >= 4 is 21.2 Å². The van der Waals surface area contributed by atoms with Gasteiger partial charge in [-0.3, -0.25) is 10.1 Å². The third kappa shape index (κ3) is 3.99. The Hall–Kier alpha value is -1.81. The molecule has 0 unspecified atom stereocenters. The van der Waals surface area contributed by atoms with Gasteiger partial charge in [0.1, 0.15) is 5.69 Å². The van der Waals surface area contributed by atoms with Crippen LogP contribution in [0.15, 0.2) is 23.1 Å². The van der Waals surface area contributed by atoms with Crippen molar-refractivity contribution in [3.63, 3.8) is 0 Å². The number of hydrogen-bond donors (Lipinski definition) is 1. The molecule has 0 aliphatic carbocycles. The molecule has 0 radical (unpaired) electrons. The fourth-order valence-corrected chi connectivity index (χ4v) is 3.33. The van der Waals surface area contributed by atoms with E-state index in [1.807, 2.05) is 6.92 Å². The zero-order chi connectivity index (χ0) is 17.9. The molecule has 1 aromatic carbocycles. The fourth-order valence-electron chi connectivity index (χ4n) is 2.59. The maximum Gasteiger partial charge on any atom is 0.341 e. The van der Waals surface area contributed by atoms with E-state index in [4.69, 9.17) is 4.74 Å². The van der Waals surface area contributed by atoms with E-state index in [1.54, 1.807) is 0 Å². The maximum absolute atomic E-state index is 12.6. The summed E-state index contributed by atoms with van der Waals surface area (Å²) in [6, 6.07) is 2.60. The minimum atomic E-state index is -4.88. The van der Waals surface area contributed by atoms with Gasteiger partial charge in [-0.05, 0) is 31.9 Å². The summed E-state index contributed by atoms with van der Waals surface area (Å²) in [5.41, 5.74) is -0.466. The van der Waals surface area contributed by atoms with Crippen LogP contribution in [0.4, 0.5) is 20.2 Å². The van der Waals surface area contributed by atoms with Gasteiger partial charge in [-0.1, -0.05) is 0 Å². The number of benzene rings is 1. The first-order valence-corrected chi connectivity index (χ1v) is 8.93. The number of nitro groups is 1. The Labute approximate surface area is 138 Å². The number of nitrogens with zero attached hydrogens (tertiary/aromatic N) is 1. The van der Waals surface area contributed by atoms with Gasteiger partial charge in [-0.25, -0.2) is 8.42 Å². The Balaban J connectivity index is 2.28. The van der Waals surface area contributed by atoms with Crippen LogP contribution in [0.25, 0.3) is 0 Å². The topological polar surface area (TPSA) is 98.5 Å². The van der Waals surface area contributed by atoms with E-state index in [0.29, 0.717) is 19.3 Å². The minimum Gasteiger partial charge on any atom is -0.381 e. The molecule has 1 aromatic rings. The van der Waals surface area contributed by atoms with Crippen molar-refractivity contribution < 1.29 is 26.9 Å². The molecule has 0 amide bonds. The van der Waals surface area contributed by atoms with Crippen LogP contribution in [0.2, 0.25) is 0 Å². The number of rotatable bonds is 6. The summed E-state index contributed by atoms with van der Waals surface area (Å²) in [7, 11) is -4.88. The molecule has 10 heteroatoms. The normalized spacial score (nSPS) is 19.9. The number of anilines is 1. The van der Waals surface area contributed by atoms with Crippen LogP contribution < -0.4 is 5.32 Å². The number of sulfone groups is 1. The molecule has 1 saturated heterocycles. The Morgan fingerprint density at radius 1 is 1.42 bits per heavy atom. The van der Waals surface area contributed by atoms with Crippen molar-refractivity contribution in [2.45, 2.75) is 36.5 Å². The molecule has 0 aromatic heterocycles. The molecule has 24 heavy (non-hydrogen) atoms. The lowest BCUT2D eigenvalue weighted by Gasteiger charge is -2.28. The average molecular weight is 364 g/mol. The van der Waals surface area contributed by atoms with Crippen LogP contribution in [-0.2, 0) is 14.6 Å². The predicted molar refractivity (Wildman–Crippen MR) is 82.9 cm³/mol. The van der Waals surface area contributed by atoms with Gasteiger partial charge in [0, 0.05) is 24.6 Å². The molecule has 2 rings (SSSR count). The molecule has 2 atom stereocenters. The smallest absolute Gasteiger partial charge is 0.341 e. The summed E-state index contributed by atoms with van der Waals surface area (Å²) < 4.78 is 53.5. The molecule has 1 aliphatic rings. The molecular weight excluding hydrogens is 346 g/mol. The largest absolute Gasteiger partial charge is 0.381 e. The molecule has 7 nitrogen and oxygen atoms in total. The van der Waals surface area contributed by atoms with Gasteiger partial charge in [-0.2, -0.15) is 8.78 Å². The van der Waals surface area contributed by atoms with E-state index in [1.165, 1.54) is 0 Å². The van der Waals surface area contributed by atoms with Gasteiger partial charge in [0.15, 0.2) is 0 Å². The average Bonchev–Trinajstić information content (AvgIpc) is 2.55. The zero-order valence-corrected chi connectivity index (χ0v) is 13.8. The second-order valence-corrected chi connectivity index (χ2v) is 7.57. The summed E-state index contributed by atoms with van der Waals surface area (Å²) in [5.74, 6) is -3.47. The number of nitrogens with one attached hydrogen (secondary N) is 1. The standard InChI is InChI=1S/C14H18F2N2O5S/c1-9(10-3-2-6-23-8-10)17-12-5-4-11(7-13(12)18(19)20)24(21,22)14(15)16/h4-5,7,9-10,14,17H,2-3,6,8H2,1H3/t9-,10-/m1/s1. The van der Waals surface area contributed by atoms with Crippen molar-refractivity contribution in [1.82, 2.24) is 0 Å². The first-order valence-electron chi connectivity index (χ1n) is 7.38. The fraction of sp³-hybridized carbons (Fsp3) is 0.571. The number of nitro benzene ring substituents is 1. The van der Waals surface area contributed by atoms with Crippen molar-refractivity contribution in [3.05, 3.63) is 28.3 Å². The van der Waals surface area contributed by atoms with Gasteiger partial charge in [-0.15, -0.1) is 0 Å². The number of alkyl halides is 2. The predicted octanol–water partition coefficient (Wildman–Crippen LogP) is 2.82. The van der Waals surface area contributed by atoms with Gasteiger partial charge in [0.25, 0.3) is 5.69 Å². The highest BCUT2D eigenvalue weighted by molar-refractivity contribution is 7.91. The Morgan fingerprint density at radius 3 is 2.67 bits per heavy atom. The molecule has 1 heterocycles. The van der Waals surface area contributed by atoms with Gasteiger partial charge >= 0.3 is 5.76 Å². The lowest BCUT2D eigenvalue weighted by atomic mass is 9.94. The van der Waals surface area contributed by atoms with E-state index >= 15 is 0 Å². The highest BCUT2D eigenvalue weighted by Crippen LogP contribution is 2.31. The van der Waals surface area contributed by atoms with Crippen molar-refractivity contribution in [2.75, 3.05) is 18.5 Å². The van der Waals surface area contributed by atoms with E-state index in [9.17, 15) is 27.3 Å². The Morgan fingerprint density at radius 2 is 2.12 bits per heavy atom. The number of ether oxygens (including phenoxy) is 1. The van der Waals surface area contributed by atoms with Crippen LogP contribution in [0.1, 0.15) is 19.8 Å². The SMILES string of the molecule is C[C@@H](Nc1ccc(S(=O)(=O)C(F)F)cc1[N+](=O)[O-])[C@@H]1CCCOC1. The van der Waals surface area contributed by atoms with E-state index < -0.39 is 31.1 Å². The number of hydrogen-bond acceptors (Lipinski definition) is 6. The first kappa shape index (κ1) is 18.5. The van der Waals surface area contributed by atoms with Crippen LogP contribution in [0, 0.1) is 16.0 Å². The third-order valence-electron chi connectivity index (χ3n) is 4.01. The summed E-state index contributed by atoms with van der Waals surface area (Å²) in [6.07, 6.45) is 1.80. The first-order chi connectivity index (χ1) is 11.2. The molecule has 1 fully saturated rings. The summed E-state index contributed by atoms with van der Waals surface area (Å²) in [6.45, 7) is 3.05. The molecular formula is C14H18F2N2O5S. The summed E-state index contributed by atoms with van der Waals surface area (Å²) >= 11 is 0. The zero-order valence-electron chi connectivity index (χ0n) is 12.9. The maximum atomic E-state index is 12.6. The van der Waals surface area contributed by atoms with E-state index in [2.05, 4.69) is 5.32 Å². The second-order valence-electron chi connectivity index (χ2n) is 5.65. The molecule has 1 aliphatic heterocycles.